The fourth-order valence-electron chi connectivity index (χ4n) is 2.48. The van der Waals surface area contributed by atoms with E-state index in [9.17, 15) is 0 Å². The normalized spacial score (nSPS) is 18.9. The molecule has 0 amide bonds. The Balaban J connectivity index is 1.44. The first-order valence-corrected chi connectivity index (χ1v) is 7.85. The van der Waals surface area contributed by atoms with E-state index in [-0.39, 0.29) is 0 Å². The second-order valence-electron chi connectivity index (χ2n) is 5.56. The summed E-state index contributed by atoms with van der Waals surface area (Å²) in [6.07, 6.45) is 6.08. The van der Waals surface area contributed by atoms with Gasteiger partial charge in [0.15, 0.2) is 0 Å². The number of piperidine rings is 1. The summed E-state index contributed by atoms with van der Waals surface area (Å²) in [5.74, 6) is 0.946. The third-order valence-electron chi connectivity index (χ3n) is 3.75. The number of aryl methyl sites for hydroxylation is 1. The number of ether oxygens (including phenoxy) is 2. The average Bonchev–Trinajstić information content (AvgIpc) is 2.49. The molecule has 112 valence electrons. The molecule has 1 saturated heterocycles. The van der Waals surface area contributed by atoms with Gasteiger partial charge in [-0.2, -0.15) is 0 Å². The zero-order valence-corrected chi connectivity index (χ0v) is 12.6. The van der Waals surface area contributed by atoms with Gasteiger partial charge in [0.1, 0.15) is 5.75 Å². The molecular formula is C17H27NO2. The van der Waals surface area contributed by atoms with Gasteiger partial charge in [-0.25, -0.2) is 0 Å². The van der Waals surface area contributed by atoms with Crippen LogP contribution < -0.4 is 10.1 Å². The SMILES string of the molecule is Cc1ccc(OCCCOCCC2CCCCN2)cc1. The summed E-state index contributed by atoms with van der Waals surface area (Å²) in [5, 5.41) is 3.54. The van der Waals surface area contributed by atoms with Gasteiger partial charge in [0.25, 0.3) is 0 Å². The number of benzene rings is 1. The Kier molecular flexibility index (Phi) is 6.89. The van der Waals surface area contributed by atoms with Crippen molar-refractivity contribution in [3.05, 3.63) is 29.8 Å². The predicted molar refractivity (Wildman–Crippen MR) is 82.4 cm³/mol. The summed E-state index contributed by atoms with van der Waals surface area (Å²) in [4.78, 5) is 0. The van der Waals surface area contributed by atoms with Crippen molar-refractivity contribution in [1.82, 2.24) is 5.32 Å². The molecule has 1 aromatic rings. The molecule has 2 rings (SSSR count). The van der Waals surface area contributed by atoms with E-state index < -0.39 is 0 Å². The summed E-state index contributed by atoms with van der Waals surface area (Å²) in [7, 11) is 0. The van der Waals surface area contributed by atoms with Gasteiger partial charge in [-0.15, -0.1) is 0 Å². The molecule has 0 radical (unpaired) electrons. The molecule has 0 spiro atoms. The van der Waals surface area contributed by atoms with E-state index in [1.54, 1.807) is 0 Å². The molecule has 1 heterocycles. The highest BCUT2D eigenvalue weighted by molar-refractivity contribution is 5.26. The highest BCUT2D eigenvalue weighted by Crippen LogP contribution is 2.12. The van der Waals surface area contributed by atoms with Crippen molar-refractivity contribution in [2.45, 2.75) is 45.1 Å². The number of rotatable bonds is 8. The highest BCUT2D eigenvalue weighted by atomic mass is 16.5. The first-order valence-electron chi connectivity index (χ1n) is 7.85. The molecule has 1 fully saturated rings. The van der Waals surface area contributed by atoms with Crippen molar-refractivity contribution in [3.63, 3.8) is 0 Å². The highest BCUT2D eigenvalue weighted by Gasteiger charge is 2.11. The smallest absolute Gasteiger partial charge is 0.119 e. The summed E-state index contributed by atoms with van der Waals surface area (Å²) >= 11 is 0. The van der Waals surface area contributed by atoms with Crippen molar-refractivity contribution < 1.29 is 9.47 Å². The molecule has 1 atom stereocenters. The van der Waals surface area contributed by atoms with E-state index in [0.717, 1.165) is 38.4 Å². The van der Waals surface area contributed by atoms with Gasteiger partial charge in [0, 0.05) is 25.7 Å². The molecule has 0 bridgehead atoms. The van der Waals surface area contributed by atoms with Gasteiger partial charge in [0.2, 0.25) is 0 Å². The Labute approximate surface area is 122 Å². The third kappa shape index (κ3) is 5.93. The van der Waals surface area contributed by atoms with Gasteiger partial charge < -0.3 is 14.8 Å². The molecule has 20 heavy (non-hydrogen) atoms. The summed E-state index contributed by atoms with van der Waals surface area (Å²) in [6.45, 7) is 5.64. The minimum atomic E-state index is 0.674. The number of hydrogen-bond acceptors (Lipinski definition) is 3. The van der Waals surface area contributed by atoms with E-state index in [1.165, 1.54) is 31.4 Å². The summed E-state index contributed by atoms with van der Waals surface area (Å²) in [5.41, 5.74) is 1.26. The van der Waals surface area contributed by atoms with Crippen molar-refractivity contribution in [1.29, 1.82) is 0 Å². The molecular weight excluding hydrogens is 250 g/mol. The maximum Gasteiger partial charge on any atom is 0.119 e. The van der Waals surface area contributed by atoms with Crippen molar-refractivity contribution in [2.24, 2.45) is 0 Å². The maximum atomic E-state index is 5.67. The van der Waals surface area contributed by atoms with E-state index in [2.05, 4.69) is 24.4 Å². The first kappa shape index (κ1) is 15.3. The lowest BCUT2D eigenvalue weighted by atomic mass is 10.0. The number of hydrogen-bond donors (Lipinski definition) is 1. The van der Waals surface area contributed by atoms with Crippen molar-refractivity contribution in [3.8, 4) is 5.75 Å². The standard InChI is InChI=1S/C17H27NO2/c1-15-6-8-17(9-7-15)20-13-4-12-19-14-10-16-5-2-3-11-18-16/h6-9,16,18H,2-5,10-14H2,1H3. The van der Waals surface area contributed by atoms with Gasteiger partial charge in [-0.05, 0) is 44.9 Å². The van der Waals surface area contributed by atoms with Crippen LogP contribution in [-0.4, -0.2) is 32.4 Å². The van der Waals surface area contributed by atoms with Gasteiger partial charge in [0.05, 0.1) is 6.61 Å². The molecule has 1 N–H and O–H groups in total. The first-order chi connectivity index (χ1) is 9.84. The Morgan fingerprint density at radius 3 is 2.70 bits per heavy atom. The van der Waals surface area contributed by atoms with Crippen LogP contribution in [0, 0.1) is 6.92 Å². The van der Waals surface area contributed by atoms with E-state index >= 15 is 0 Å². The largest absolute Gasteiger partial charge is 0.494 e. The lowest BCUT2D eigenvalue weighted by Gasteiger charge is -2.23. The van der Waals surface area contributed by atoms with E-state index in [4.69, 9.17) is 9.47 Å². The zero-order chi connectivity index (χ0) is 14.0. The zero-order valence-electron chi connectivity index (χ0n) is 12.6. The Hall–Kier alpha value is -1.06. The molecule has 1 aromatic carbocycles. The van der Waals surface area contributed by atoms with Crippen LogP contribution in [0.4, 0.5) is 0 Å². The molecule has 1 aliphatic rings. The van der Waals surface area contributed by atoms with Crippen LogP contribution in [0.2, 0.25) is 0 Å². The van der Waals surface area contributed by atoms with Crippen LogP contribution in [0.15, 0.2) is 24.3 Å². The average molecular weight is 277 g/mol. The molecule has 0 aliphatic carbocycles. The summed E-state index contributed by atoms with van der Waals surface area (Å²) < 4.78 is 11.3. The minimum Gasteiger partial charge on any atom is -0.494 e. The molecule has 3 nitrogen and oxygen atoms in total. The lowest BCUT2D eigenvalue weighted by molar-refractivity contribution is 0.108. The van der Waals surface area contributed by atoms with E-state index in [1.807, 2.05) is 12.1 Å². The van der Waals surface area contributed by atoms with Crippen molar-refractivity contribution in [2.75, 3.05) is 26.4 Å². The van der Waals surface area contributed by atoms with Crippen LogP contribution in [-0.2, 0) is 4.74 Å². The van der Waals surface area contributed by atoms with Gasteiger partial charge in [-0.3, -0.25) is 0 Å². The fourth-order valence-corrected chi connectivity index (χ4v) is 2.48. The Bertz CT molecular complexity index is 358. The molecule has 1 aliphatic heterocycles. The van der Waals surface area contributed by atoms with Gasteiger partial charge in [-0.1, -0.05) is 24.1 Å². The third-order valence-corrected chi connectivity index (χ3v) is 3.75. The molecule has 0 saturated carbocycles. The molecule has 3 heteroatoms. The quantitative estimate of drug-likeness (QED) is 0.739. The van der Waals surface area contributed by atoms with E-state index in [0.29, 0.717) is 6.04 Å². The number of nitrogens with one attached hydrogen (secondary N) is 1. The lowest BCUT2D eigenvalue weighted by Crippen LogP contribution is -2.34. The monoisotopic (exact) mass is 277 g/mol. The van der Waals surface area contributed by atoms with Crippen LogP contribution in [0.3, 0.4) is 0 Å². The van der Waals surface area contributed by atoms with Crippen LogP contribution >= 0.6 is 0 Å². The van der Waals surface area contributed by atoms with Crippen molar-refractivity contribution >= 4 is 0 Å². The fraction of sp³-hybridized carbons (Fsp3) is 0.647. The predicted octanol–water partition coefficient (Wildman–Crippen LogP) is 3.31. The molecule has 0 aromatic heterocycles. The van der Waals surface area contributed by atoms with Crippen LogP contribution in [0.25, 0.3) is 0 Å². The Morgan fingerprint density at radius 2 is 1.95 bits per heavy atom. The van der Waals surface area contributed by atoms with Gasteiger partial charge >= 0.3 is 0 Å². The minimum absolute atomic E-state index is 0.674. The molecule has 1 unspecified atom stereocenters. The maximum absolute atomic E-state index is 5.67. The second kappa shape index (κ2) is 8.98. The summed E-state index contributed by atoms with van der Waals surface area (Å²) in [6, 6.07) is 8.86. The van der Waals surface area contributed by atoms with Crippen LogP contribution in [0.1, 0.15) is 37.7 Å². The Morgan fingerprint density at radius 1 is 1.10 bits per heavy atom. The van der Waals surface area contributed by atoms with Crippen LogP contribution in [0.5, 0.6) is 5.75 Å². The topological polar surface area (TPSA) is 30.5 Å². The second-order valence-corrected chi connectivity index (χ2v) is 5.56.